The van der Waals surface area contributed by atoms with Crippen LogP contribution in [0.15, 0.2) is 22.8 Å². The first kappa shape index (κ1) is 31.9. The average molecular weight is 539 g/mol. The number of hydrogen-bond acceptors (Lipinski definition) is 6. The van der Waals surface area contributed by atoms with E-state index in [0.717, 1.165) is 31.3 Å². The Labute approximate surface area is 251 Å². The molecule has 0 saturated heterocycles. The molecule has 208 valence electrons. The monoisotopic (exact) mass is 538 g/mol. The van der Waals surface area contributed by atoms with Crippen molar-refractivity contribution in [3.05, 3.63) is 22.8 Å². The number of hydrogen-bond donors (Lipinski definition) is 2. The molecule has 0 radical (unpaired) electrons. The molecule has 0 heterocycles. The number of rotatable bonds is 5. The van der Waals surface area contributed by atoms with Crippen molar-refractivity contribution in [2.45, 2.75) is 118 Å². The zero-order valence-electron chi connectivity index (χ0n) is 24.8. The first-order valence-corrected chi connectivity index (χ1v) is 14.3. The molecule has 4 saturated carbocycles. The third kappa shape index (κ3) is 5.00. The van der Waals surface area contributed by atoms with Crippen LogP contribution in [-0.4, -0.2) is 40.5 Å². The largest absolute Gasteiger partial charge is 1.00 e. The Morgan fingerprint density at radius 3 is 2.29 bits per heavy atom. The van der Waals surface area contributed by atoms with Gasteiger partial charge in [-0.05, 0) is 116 Å². The van der Waals surface area contributed by atoms with Gasteiger partial charge in [0, 0.05) is 6.92 Å². The van der Waals surface area contributed by atoms with Crippen molar-refractivity contribution in [3.8, 4) is 0 Å². The standard InChI is InChI=1S/C31H48O6.Na/c1-17(2)9-8-10-20(28(35)36)26-22-15-24(34)27-29(5)13-12-23(33)18(3)21(29)11-14-30(27,6)31(22,7)16-25(26)37-19(4)32;/h9,18,21-25,27,33-34H,8,10-16H2,1-7H3,(H,35,36);/q;+1/p-1/b26-20+;/t18-,21?,22-,23+,24+,25-,27-,29-,30-,31-;/m0./s1. The zero-order valence-corrected chi connectivity index (χ0v) is 26.8. The van der Waals surface area contributed by atoms with Crippen molar-refractivity contribution >= 4 is 11.9 Å². The molecule has 6 nitrogen and oxygen atoms in total. The zero-order chi connectivity index (χ0) is 27.5. The molecular weight excluding hydrogens is 491 g/mol. The molecule has 0 aromatic rings. The number of allylic oxidation sites excluding steroid dienone is 2. The van der Waals surface area contributed by atoms with Gasteiger partial charge in [0.15, 0.2) is 0 Å². The van der Waals surface area contributed by atoms with Crippen LogP contribution in [0.5, 0.6) is 0 Å². The van der Waals surface area contributed by atoms with Gasteiger partial charge in [0.05, 0.1) is 18.2 Å². The minimum absolute atomic E-state index is 0. The Hall–Kier alpha value is -0.660. The van der Waals surface area contributed by atoms with Gasteiger partial charge < -0.3 is 24.9 Å². The number of ether oxygens (including phenoxy) is 1. The number of aliphatic hydroxyl groups is 2. The van der Waals surface area contributed by atoms with Gasteiger partial charge in [-0.1, -0.05) is 39.3 Å². The van der Waals surface area contributed by atoms with Crippen LogP contribution in [0.4, 0.5) is 0 Å². The maximum Gasteiger partial charge on any atom is 1.00 e. The SMILES string of the molecule is CC(=O)O[C@H]1C[C@@]2(C)[C@@H](C[C@@H](O)[C@H]3[C@@]4(C)CC[C@@H](O)[C@@H](C)C4CC[C@@]32C)/C1=C(/CCC=C(C)C)C(=O)[O-].[Na+]. The van der Waals surface area contributed by atoms with Crippen LogP contribution in [-0.2, 0) is 14.3 Å². The van der Waals surface area contributed by atoms with Crippen molar-refractivity contribution in [1.29, 1.82) is 0 Å². The van der Waals surface area contributed by atoms with E-state index in [-0.39, 0.29) is 75.2 Å². The molecule has 0 amide bonds. The van der Waals surface area contributed by atoms with Gasteiger partial charge in [0.1, 0.15) is 6.10 Å². The maximum atomic E-state index is 12.5. The van der Waals surface area contributed by atoms with Crippen LogP contribution in [0.1, 0.15) is 99.8 Å². The maximum absolute atomic E-state index is 12.5. The van der Waals surface area contributed by atoms with E-state index < -0.39 is 24.1 Å². The van der Waals surface area contributed by atoms with Gasteiger partial charge in [-0.25, -0.2) is 0 Å². The Kier molecular flexibility index (Phi) is 9.49. The number of esters is 1. The van der Waals surface area contributed by atoms with Gasteiger partial charge in [0.2, 0.25) is 0 Å². The van der Waals surface area contributed by atoms with Gasteiger partial charge in [-0.2, -0.15) is 0 Å². The van der Waals surface area contributed by atoms with Gasteiger partial charge in [-0.3, -0.25) is 4.79 Å². The second-order valence-corrected chi connectivity index (χ2v) is 13.6. The Morgan fingerprint density at radius 1 is 1.05 bits per heavy atom. The van der Waals surface area contributed by atoms with E-state index in [2.05, 4.69) is 27.7 Å². The minimum atomic E-state index is -1.20. The molecule has 0 spiro atoms. The second-order valence-electron chi connectivity index (χ2n) is 13.6. The topological polar surface area (TPSA) is 107 Å². The van der Waals surface area contributed by atoms with Crippen molar-refractivity contribution in [1.82, 2.24) is 0 Å². The molecule has 0 aromatic carbocycles. The molecule has 4 fully saturated rings. The van der Waals surface area contributed by atoms with Crippen LogP contribution in [0.2, 0.25) is 0 Å². The van der Waals surface area contributed by atoms with Crippen LogP contribution in [0.25, 0.3) is 0 Å². The van der Waals surface area contributed by atoms with E-state index in [1.807, 2.05) is 19.9 Å². The number of aliphatic hydroxyl groups excluding tert-OH is 2. The van der Waals surface area contributed by atoms with Crippen molar-refractivity contribution in [2.24, 2.45) is 39.9 Å². The molecule has 4 aliphatic rings. The second kappa shape index (κ2) is 11.3. The Morgan fingerprint density at radius 2 is 1.71 bits per heavy atom. The molecule has 0 aromatic heterocycles. The molecule has 4 rings (SSSR count). The minimum Gasteiger partial charge on any atom is -0.545 e. The summed E-state index contributed by atoms with van der Waals surface area (Å²) in [6.45, 7) is 14.4. The number of carbonyl (C=O) groups is 2. The summed E-state index contributed by atoms with van der Waals surface area (Å²) in [4.78, 5) is 24.7. The average Bonchev–Trinajstić information content (AvgIpc) is 3.05. The predicted octanol–water partition coefficient (Wildman–Crippen LogP) is 1.34. The van der Waals surface area contributed by atoms with Crippen molar-refractivity contribution < 1.29 is 59.2 Å². The smallest absolute Gasteiger partial charge is 0.545 e. The van der Waals surface area contributed by atoms with Crippen LogP contribution in [0.3, 0.4) is 0 Å². The summed E-state index contributed by atoms with van der Waals surface area (Å²) in [5, 5.41) is 35.0. The number of carboxylic acid groups (broad SMARTS) is 1. The summed E-state index contributed by atoms with van der Waals surface area (Å²) in [7, 11) is 0. The van der Waals surface area contributed by atoms with Crippen molar-refractivity contribution in [3.63, 3.8) is 0 Å². The number of fused-ring (bicyclic) bond motifs is 5. The van der Waals surface area contributed by atoms with Crippen LogP contribution >= 0.6 is 0 Å². The molecule has 10 atom stereocenters. The quantitative estimate of drug-likeness (QED) is 0.237. The normalized spacial score (nSPS) is 45.0. The number of aliphatic carboxylic acids is 1. The molecule has 7 heteroatoms. The summed E-state index contributed by atoms with van der Waals surface area (Å²) in [5.41, 5.74) is 1.31. The summed E-state index contributed by atoms with van der Waals surface area (Å²) >= 11 is 0. The van der Waals surface area contributed by atoms with Gasteiger partial charge in [0.25, 0.3) is 0 Å². The number of carboxylic acids is 1. The van der Waals surface area contributed by atoms with Gasteiger partial charge in [-0.15, -0.1) is 0 Å². The Bertz CT molecular complexity index is 1000. The fraction of sp³-hybridized carbons (Fsp3) is 0.806. The Balaban J connectivity index is 0.00000400. The summed E-state index contributed by atoms with van der Waals surface area (Å²) in [5.74, 6) is -1.25. The number of carbonyl (C=O) groups excluding carboxylic acids is 2. The van der Waals surface area contributed by atoms with E-state index in [4.69, 9.17) is 4.74 Å². The predicted molar refractivity (Wildman–Crippen MR) is 140 cm³/mol. The first-order chi connectivity index (χ1) is 17.2. The summed E-state index contributed by atoms with van der Waals surface area (Å²) in [6.07, 6.45) is 5.92. The van der Waals surface area contributed by atoms with Crippen molar-refractivity contribution in [2.75, 3.05) is 0 Å². The molecule has 2 N–H and O–H groups in total. The van der Waals surface area contributed by atoms with E-state index >= 15 is 0 Å². The van der Waals surface area contributed by atoms with E-state index in [1.54, 1.807) is 0 Å². The molecule has 0 aliphatic heterocycles. The third-order valence-electron chi connectivity index (χ3n) is 11.6. The summed E-state index contributed by atoms with van der Waals surface area (Å²) in [6, 6.07) is 0. The third-order valence-corrected chi connectivity index (χ3v) is 11.6. The molecular formula is C31H47NaO6. The van der Waals surface area contributed by atoms with Crippen LogP contribution in [0, 0.1) is 39.9 Å². The molecule has 38 heavy (non-hydrogen) atoms. The van der Waals surface area contributed by atoms with E-state index in [0.29, 0.717) is 37.2 Å². The first-order valence-electron chi connectivity index (χ1n) is 14.3. The van der Waals surface area contributed by atoms with E-state index in [9.17, 15) is 24.9 Å². The molecule has 1 unspecified atom stereocenters. The molecule has 4 aliphatic carbocycles. The van der Waals surface area contributed by atoms with Crippen LogP contribution < -0.4 is 34.7 Å². The fourth-order valence-electron chi connectivity index (χ4n) is 9.78. The molecule has 0 bridgehead atoms. The van der Waals surface area contributed by atoms with E-state index in [1.165, 1.54) is 6.92 Å². The summed E-state index contributed by atoms with van der Waals surface area (Å²) < 4.78 is 5.84. The van der Waals surface area contributed by atoms with Gasteiger partial charge >= 0.3 is 35.5 Å². The fourth-order valence-corrected chi connectivity index (χ4v) is 9.78.